The second-order valence-corrected chi connectivity index (χ2v) is 5.56. The maximum absolute atomic E-state index is 2.42. The summed E-state index contributed by atoms with van der Waals surface area (Å²) >= 11 is 0. The number of anilines is 1. The Hall–Kier alpha value is -1.76. The predicted molar refractivity (Wildman–Crippen MR) is 82.7 cm³/mol. The Morgan fingerprint density at radius 2 is 1.63 bits per heavy atom. The van der Waals surface area contributed by atoms with Crippen molar-refractivity contribution in [2.75, 3.05) is 11.9 Å². The van der Waals surface area contributed by atoms with Gasteiger partial charge in [0.25, 0.3) is 0 Å². The number of rotatable bonds is 3. The minimum absolute atomic E-state index is 0.754. The minimum Gasteiger partial charge on any atom is -0.372 e. The summed E-state index contributed by atoms with van der Waals surface area (Å²) in [5, 5.41) is 0. The SMILES string of the molecule is Cc1ccccc1-c1ccc(N(C)C2CCC2)cc1. The van der Waals surface area contributed by atoms with Crippen LogP contribution >= 0.6 is 0 Å². The number of aryl methyl sites for hydroxylation is 1. The molecule has 2 aromatic carbocycles. The van der Waals surface area contributed by atoms with Gasteiger partial charge in [-0.3, -0.25) is 0 Å². The van der Waals surface area contributed by atoms with E-state index >= 15 is 0 Å². The molecule has 0 aromatic heterocycles. The Morgan fingerprint density at radius 1 is 0.947 bits per heavy atom. The van der Waals surface area contributed by atoms with Crippen LogP contribution in [-0.4, -0.2) is 13.1 Å². The normalized spacial score (nSPS) is 15.1. The maximum Gasteiger partial charge on any atom is 0.0366 e. The molecule has 0 saturated heterocycles. The van der Waals surface area contributed by atoms with E-state index < -0.39 is 0 Å². The van der Waals surface area contributed by atoms with Gasteiger partial charge in [0.15, 0.2) is 0 Å². The molecule has 1 fully saturated rings. The highest BCUT2D eigenvalue weighted by atomic mass is 15.1. The van der Waals surface area contributed by atoms with E-state index in [0.717, 1.165) is 6.04 Å². The van der Waals surface area contributed by atoms with Crippen LogP contribution in [0.25, 0.3) is 11.1 Å². The van der Waals surface area contributed by atoms with Gasteiger partial charge in [0.05, 0.1) is 0 Å². The number of hydrogen-bond donors (Lipinski definition) is 0. The monoisotopic (exact) mass is 251 g/mol. The van der Waals surface area contributed by atoms with Crippen LogP contribution < -0.4 is 4.90 Å². The van der Waals surface area contributed by atoms with Crippen molar-refractivity contribution < 1.29 is 0 Å². The molecule has 0 bridgehead atoms. The first-order valence-electron chi connectivity index (χ1n) is 7.14. The molecule has 0 N–H and O–H groups in total. The largest absolute Gasteiger partial charge is 0.372 e. The molecular formula is C18H21N. The van der Waals surface area contributed by atoms with Crippen molar-refractivity contribution in [3.8, 4) is 11.1 Å². The maximum atomic E-state index is 2.42. The minimum atomic E-state index is 0.754. The van der Waals surface area contributed by atoms with E-state index in [1.165, 1.54) is 41.6 Å². The second kappa shape index (κ2) is 5.08. The zero-order valence-corrected chi connectivity index (χ0v) is 11.8. The van der Waals surface area contributed by atoms with Crippen LogP contribution in [0.3, 0.4) is 0 Å². The van der Waals surface area contributed by atoms with E-state index in [1.54, 1.807) is 0 Å². The van der Waals surface area contributed by atoms with Gasteiger partial charge < -0.3 is 4.90 Å². The standard InChI is InChI=1S/C18H21N/c1-14-6-3-4-9-18(14)15-10-12-17(13-11-15)19(2)16-7-5-8-16/h3-4,6,9-13,16H,5,7-8H2,1-2H3. The number of hydrogen-bond acceptors (Lipinski definition) is 1. The van der Waals surface area contributed by atoms with E-state index in [0.29, 0.717) is 0 Å². The van der Waals surface area contributed by atoms with Gasteiger partial charge in [-0.15, -0.1) is 0 Å². The van der Waals surface area contributed by atoms with Crippen molar-refractivity contribution in [3.05, 3.63) is 54.1 Å². The van der Waals surface area contributed by atoms with Crippen molar-refractivity contribution in [2.45, 2.75) is 32.2 Å². The fraction of sp³-hybridized carbons (Fsp3) is 0.333. The third-order valence-electron chi connectivity index (χ3n) is 4.35. The molecule has 98 valence electrons. The smallest absolute Gasteiger partial charge is 0.0366 e. The molecule has 0 aliphatic heterocycles. The van der Waals surface area contributed by atoms with Gasteiger partial charge >= 0.3 is 0 Å². The Kier molecular flexibility index (Phi) is 3.29. The zero-order chi connectivity index (χ0) is 13.2. The average molecular weight is 251 g/mol. The molecule has 0 unspecified atom stereocenters. The highest BCUT2D eigenvalue weighted by Gasteiger charge is 2.22. The molecule has 0 spiro atoms. The van der Waals surface area contributed by atoms with Crippen LogP contribution in [0.5, 0.6) is 0 Å². The molecule has 0 atom stereocenters. The Balaban J connectivity index is 1.84. The van der Waals surface area contributed by atoms with Crippen LogP contribution in [0.1, 0.15) is 24.8 Å². The molecule has 3 rings (SSSR count). The molecule has 0 heterocycles. The third kappa shape index (κ3) is 2.37. The van der Waals surface area contributed by atoms with Gasteiger partial charge in [0.1, 0.15) is 0 Å². The molecule has 0 radical (unpaired) electrons. The van der Waals surface area contributed by atoms with Crippen LogP contribution in [0.2, 0.25) is 0 Å². The quantitative estimate of drug-likeness (QED) is 0.767. The summed E-state index contributed by atoms with van der Waals surface area (Å²) in [6.07, 6.45) is 4.07. The predicted octanol–water partition coefficient (Wildman–Crippen LogP) is 4.65. The fourth-order valence-corrected chi connectivity index (χ4v) is 2.76. The first-order valence-corrected chi connectivity index (χ1v) is 7.14. The zero-order valence-electron chi connectivity index (χ0n) is 11.8. The summed E-state index contributed by atoms with van der Waals surface area (Å²) in [5.74, 6) is 0. The van der Waals surface area contributed by atoms with Gasteiger partial charge in [-0.1, -0.05) is 36.4 Å². The van der Waals surface area contributed by atoms with Gasteiger partial charge in [-0.05, 0) is 55.0 Å². The van der Waals surface area contributed by atoms with Crippen molar-refractivity contribution in [1.29, 1.82) is 0 Å². The lowest BCUT2D eigenvalue weighted by Crippen LogP contribution is -2.36. The van der Waals surface area contributed by atoms with Crippen molar-refractivity contribution >= 4 is 5.69 Å². The molecule has 0 amide bonds. The summed E-state index contributed by atoms with van der Waals surface area (Å²) < 4.78 is 0. The molecule has 1 saturated carbocycles. The first kappa shape index (κ1) is 12.3. The number of benzene rings is 2. The van der Waals surface area contributed by atoms with Crippen molar-refractivity contribution in [3.63, 3.8) is 0 Å². The van der Waals surface area contributed by atoms with Gasteiger partial charge in [-0.2, -0.15) is 0 Å². The lowest BCUT2D eigenvalue weighted by atomic mass is 9.91. The Labute approximate surface area is 115 Å². The van der Waals surface area contributed by atoms with Crippen LogP contribution in [-0.2, 0) is 0 Å². The third-order valence-corrected chi connectivity index (χ3v) is 4.35. The molecule has 19 heavy (non-hydrogen) atoms. The van der Waals surface area contributed by atoms with E-state index in [2.05, 4.69) is 67.4 Å². The lowest BCUT2D eigenvalue weighted by molar-refractivity contribution is 0.401. The average Bonchev–Trinajstić information content (AvgIpc) is 2.37. The Bertz CT molecular complexity index is 552. The van der Waals surface area contributed by atoms with Crippen LogP contribution in [0, 0.1) is 6.92 Å². The van der Waals surface area contributed by atoms with E-state index in [9.17, 15) is 0 Å². The topological polar surface area (TPSA) is 3.24 Å². The summed E-state index contributed by atoms with van der Waals surface area (Å²) in [6, 6.07) is 18.3. The van der Waals surface area contributed by atoms with E-state index in [4.69, 9.17) is 0 Å². The van der Waals surface area contributed by atoms with Crippen LogP contribution in [0.4, 0.5) is 5.69 Å². The number of nitrogens with zero attached hydrogens (tertiary/aromatic N) is 1. The van der Waals surface area contributed by atoms with Gasteiger partial charge in [0.2, 0.25) is 0 Å². The van der Waals surface area contributed by atoms with E-state index in [1.807, 2.05) is 0 Å². The first-order chi connectivity index (χ1) is 9.25. The molecule has 1 aliphatic carbocycles. The fourth-order valence-electron chi connectivity index (χ4n) is 2.76. The molecular weight excluding hydrogens is 230 g/mol. The summed E-state index contributed by atoms with van der Waals surface area (Å²) in [4.78, 5) is 2.42. The van der Waals surface area contributed by atoms with Gasteiger partial charge in [0, 0.05) is 18.8 Å². The molecule has 1 aliphatic rings. The lowest BCUT2D eigenvalue weighted by Gasteiger charge is -2.36. The Morgan fingerprint density at radius 3 is 2.21 bits per heavy atom. The van der Waals surface area contributed by atoms with Crippen LogP contribution in [0.15, 0.2) is 48.5 Å². The van der Waals surface area contributed by atoms with Crippen molar-refractivity contribution in [2.24, 2.45) is 0 Å². The van der Waals surface area contributed by atoms with E-state index in [-0.39, 0.29) is 0 Å². The molecule has 1 heteroatoms. The van der Waals surface area contributed by atoms with Gasteiger partial charge in [-0.25, -0.2) is 0 Å². The second-order valence-electron chi connectivity index (χ2n) is 5.56. The molecule has 2 aromatic rings. The summed E-state index contributed by atoms with van der Waals surface area (Å²) in [5.41, 5.74) is 5.31. The molecule has 1 nitrogen and oxygen atoms in total. The summed E-state index contributed by atoms with van der Waals surface area (Å²) in [6.45, 7) is 2.17. The highest BCUT2D eigenvalue weighted by molar-refractivity contribution is 5.69. The van der Waals surface area contributed by atoms with Crippen molar-refractivity contribution in [1.82, 2.24) is 0 Å². The summed E-state index contributed by atoms with van der Waals surface area (Å²) in [7, 11) is 2.21. The highest BCUT2D eigenvalue weighted by Crippen LogP contribution is 2.30.